The van der Waals surface area contributed by atoms with E-state index in [4.69, 9.17) is 9.15 Å². The Balaban J connectivity index is 1.68. The van der Waals surface area contributed by atoms with Gasteiger partial charge in [0.05, 0.1) is 12.7 Å². The summed E-state index contributed by atoms with van der Waals surface area (Å²) in [5.74, 6) is 1.54. The van der Waals surface area contributed by atoms with Crippen molar-refractivity contribution in [1.82, 2.24) is 0 Å². The van der Waals surface area contributed by atoms with Crippen LogP contribution in [0, 0.1) is 0 Å². The lowest BCUT2D eigenvalue weighted by Crippen LogP contribution is -1.99. The molecule has 0 amide bonds. The molecule has 0 N–H and O–H groups in total. The molecule has 0 spiro atoms. The zero-order chi connectivity index (χ0) is 15.4. The topological polar surface area (TPSA) is 39.4 Å². The van der Waals surface area contributed by atoms with E-state index >= 15 is 0 Å². The molecular formula is C18H16O3S. The summed E-state index contributed by atoms with van der Waals surface area (Å²) in [5.41, 5.74) is 1.23. The molecule has 3 aromatic rings. The van der Waals surface area contributed by atoms with Gasteiger partial charge in [0.15, 0.2) is 0 Å². The molecular weight excluding hydrogens is 296 g/mol. The molecule has 0 aliphatic carbocycles. The van der Waals surface area contributed by atoms with Crippen molar-refractivity contribution in [2.75, 3.05) is 12.9 Å². The molecule has 2 aromatic carbocycles. The monoisotopic (exact) mass is 312 g/mol. The molecule has 0 atom stereocenters. The zero-order valence-corrected chi connectivity index (χ0v) is 13.1. The summed E-state index contributed by atoms with van der Waals surface area (Å²) in [6.45, 7) is 0. The molecule has 0 fully saturated rings. The molecule has 3 rings (SSSR count). The van der Waals surface area contributed by atoms with Crippen LogP contribution in [0.1, 0.15) is 16.1 Å². The maximum Gasteiger partial charge on any atom is 0.337 e. The Bertz CT molecular complexity index is 777. The van der Waals surface area contributed by atoms with E-state index in [1.165, 1.54) is 12.0 Å². The van der Waals surface area contributed by atoms with Gasteiger partial charge in [-0.05, 0) is 30.3 Å². The number of furan rings is 1. The predicted octanol–water partition coefficient (Wildman–Crippen LogP) is 4.55. The first-order valence-corrected chi connectivity index (χ1v) is 8.03. The lowest BCUT2D eigenvalue weighted by Gasteiger charge is -1.99. The summed E-state index contributed by atoms with van der Waals surface area (Å²) < 4.78 is 10.5. The summed E-state index contributed by atoms with van der Waals surface area (Å²) in [5, 5.41) is 1.01. The summed E-state index contributed by atoms with van der Waals surface area (Å²) in [4.78, 5) is 12.8. The third kappa shape index (κ3) is 3.34. The summed E-state index contributed by atoms with van der Waals surface area (Å²) >= 11 is 1.80. The van der Waals surface area contributed by atoms with E-state index in [-0.39, 0.29) is 5.97 Å². The van der Waals surface area contributed by atoms with Crippen molar-refractivity contribution in [3.63, 3.8) is 0 Å². The van der Waals surface area contributed by atoms with Gasteiger partial charge in [-0.1, -0.05) is 24.3 Å². The third-order valence-corrected chi connectivity index (χ3v) is 4.37. The summed E-state index contributed by atoms with van der Waals surface area (Å²) in [6.07, 6.45) is 0.849. The zero-order valence-electron chi connectivity index (χ0n) is 12.2. The minimum atomic E-state index is -0.348. The second-order valence-corrected chi connectivity index (χ2v) is 6.04. The first-order chi connectivity index (χ1) is 10.8. The van der Waals surface area contributed by atoms with Crippen LogP contribution < -0.4 is 0 Å². The van der Waals surface area contributed by atoms with E-state index in [0.717, 1.165) is 28.9 Å². The number of carbonyl (C=O) groups excluding carboxylic acids is 1. The van der Waals surface area contributed by atoms with Gasteiger partial charge in [0.1, 0.15) is 11.3 Å². The number of hydrogen-bond donors (Lipinski definition) is 0. The van der Waals surface area contributed by atoms with E-state index in [2.05, 4.69) is 12.1 Å². The first kappa shape index (κ1) is 14.7. The van der Waals surface area contributed by atoms with E-state index in [9.17, 15) is 4.79 Å². The highest BCUT2D eigenvalue weighted by Crippen LogP contribution is 2.24. The standard InChI is InChI=1S/C18H16O3S/c1-20-18(19)14-8-7-13-11-15(21-17(13)12-14)9-10-22-16-5-3-2-4-6-16/h2-8,11-12H,9-10H2,1H3. The second kappa shape index (κ2) is 6.71. The molecule has 3 nitrogen and oxygen atoms in total. The van der Waals surface area contributed by atoms with Crippen LogP contribution in [-0.4, -0.2) is 18.8 Å². The Morgan fingerprint density at radius 1 is 1.14 bits per heavy atom. The molecule has 0 saturated carbocycles. The number of thioether (sulfide) groups is 1. The van der Waals surface area contributed by atoms with Gasteiger partial charge in [-0.15, -0.1) is 11.8 Å². The van der Waals surface area contributed by atoms with Crippen molar-refractivity contribution >= 4 is 28.7 Å². The molecule has 0 radical (unpaired) electrons. The van der Waals surface area contributed by atoms with Crippen molar-refractivity contribution in [2.24, 2.45) is 0 Å². The maximum atomic E-state index is 11.5. The molecule has 0 aliphatic rings. The fourth-order valence-electron chi connectivity index (χ4n) is 2.24. The number of methoxy groups -OCH3 is 1. The van der Waals surface area contributed by atoms with E-state index in [1.54, 1.807) is 23.9 Å². The van der Waals surface area contributed by atoms with Crippen molar-refractivity contribution < 1.29 is 13.9 Å². The van der Waals surface area contributed by atoms with Gasteiger partial charge < -0.3 is 9.15 Å². The Labute approximate surface area is 133 Å². The molecule has 22 heavy (non-hydrogen) atoms. The predicted molar refractivity (Wildman–Crippen MR) is 88.4 cm³/mol. The molecule has 112 valence electrons. The molecule has 0 bridgehead atoms. The van der Waals surface area contributed by atoms with Crippen molar-refractivity contribution in [1.29, 1.82) is 0 Å². The van der Waals surface area contributed by atoms with Crippen molar-refractivity contribution in [2.45, 2.75) is 11.3 Å². The molecule has 1 heterocycles. The largest absolute Gasteiger partial charge is 0.465 e. The van der Waals surface area contributed by atoms with Crippen LogP contribution in [-0.2, 0) is 11.2 Å². The fraction of sp³-hybridized carbons (Fsp3) is 0.167. The molecule has 0 aliphatic heterocycles. The van der Waals surface area contributed by atoms with Gasteiger partial charge >= 0.3 is 5.97 Å². The van der Waals surface area contributed by atoms with E-state index < -0.39 is 0 Å². The van der Waals surface area contributed by atoms with Crippen molar-refractivity contribution in [3.05, 3.63) is 65.9 Å². The number of hydrogen-bond acceptors (Lipinski definition) is 4. The highest BCUT2D eigenvalue weighted by Gasteiger charge is 2.09. The van der Waals surface area contributed by atoms with Gasteiger partial charge in [0.2, 0.25) is 0 Å². The van der Waals surface area contributed by atoms with Crippen LogP contribution in [0.3, 0.4) is 0 Å². The molecule has 1 aromatic heterocycles. The van der Waals surface area contributed by atoms with E-state index in [0.29, 0.717) is 5.56 Å². The van der Waals surface area contributed by atoms with Gasteiger partial charge in [0, 0.05) is 22.5 Å². The SMILES string of the molecule is COC(=O)c1ccc2cc(CCSc3ccccc3)oc2c1. The highest BCUT2D eigenvalue weighted by atomic mass is 32.2. The van der Waals surface area contributed by atoms with Gasteiger partial charge in [-0.2, -0.15) is 0 Å². The molecule has 4 heteroatoms. The average Bonchev–Trinajstić information content (AvgIpc) is 2.97. The van der Waals surface area contributed by atoms with Crippen LogP contribution in [0.5, 0.6) is 0 Å². The highest BCUT2D eigenvalue weighted by molar-refractivity contribution is 7.99. The lowest BCUT2D eigenvalue weighted by molar-refractivity contribution is 0.0601. The molecule has 0 saturated heterocycles. The van der Waals surface area contributed by atoms with Crippen LogP contribution >= 0.6 is 11.8 Å². The van der Waals surface area contributed by atoms with Gasteiger partial charge in [-0.25, -0.2) is 4.79 Å². The van der Waals surface area contributed by atoms with Crippen LogP contribution in [0.2, 0.25) is 0 Å². The minimum absolute atomic E-state index is 0.348. The Kier molecular flexibility index (Phi) is 4.49. The van der Waals surface area contributed by atoms with Crippen LogP contribution in [0.15, 0.2) is 63.9 Å². The van der Waals surface area contributed by atoms with Crippen LogP contribution in [0.25, 0.3) is 11.0 Å². The first-order valence-electron chi connectivity index (χ1n) is 7.05. The number of aryl methyl sites for hydroxylation is 1. The second-order valence-electron chi connectivity index (χ2n) is 4.87. The van der Waals surface area contributed by atoms with Gasteiger partial charge in [0.25, 0.3) is 0 Å². The Morgan fingerprint density at radius 3 is 2.73 bits per heavy atom. The number of esters is 1. The van der Waals surface area contributed by atoms with Crippen LogP contribution in [0.4, 0.5) is 0 Å². The summed E-state index contributed by atoms with van der Waals surface area (Å²) in [6, 6.07) is 17.7. The van der Waals surface area contributed by atoms with Crippen molar-refractivity contribution in [3.8, 4) is 0 Å². The third-order valence-electron chi connectivity index (χ3n) is 3.35. The number of benzene rings is 2. The molecule has 0 unspecified atom stereocenters. The Hall–Kier alpha value is -2.20. The minimum Gasteiger partial charge on any atom is -0.465 e. The number of carbonyl (C=O) groups is 1. The quantitative estimate of drug-likeness (QED) is 0.511. The normalized spacial score (nSPS) is 10.8. The smallest absolute Gasteiger partial charge is 0.337 e. The lowest BCUT2D eigenvalue weighted by atomic mass is 10.1. The van der Waals surface area contributed by atoms with Gasteiger partial charge in [-0.3, -0.25) is 0 Å². The number of rotatable bonds is 5. The average molecular weight is 312 g/mol. The summed E-state index contributed by atoms with van der Waals surface area (Å²) in [7, 11) is 1.38. The number of ether oxygens (including phenoxy) is 1. The fourth-order valence-corrected chi connectivity index (χ4v) is 3.13. The van der Waals surface area contributed by atoms with E-state index in [1.807, 2.05) is 30.3 Å². The maximum absolute atomic E-state index is 11.5. The Morgan fingerprint density at radius 2 is 1.95 bits per heavy atom. The number of fused-ring (bicyclic) bond motifs is 1.